The number of benzene rings is 1. The molecule has 1 aromatic carbocycles. The monoisotopic (exact) mass is 449 g/mol. The number of pyridine rings is 1. The Morgan fingerprint density at radius 3 is 2.79 bits per heavy atom. The molecule has 1 atom stereocenters. The van der Waals surface area contributed by atoms with Gasteiger partial charge in [0.15, 0.2) is 11.5 Å². The Morgan fingerprint density at radius 2 is 1.97 bits per heavy atom. The van der Waals surface area contributed by atoms with E-state index in [4.69, 9.17) is 14.2 Å². The van der Waals surface area contributed by atoms with Crippen molar-refractivity contribution in [3.8, 4) is 11.5 Å². The fourth-order valence-electron chi connectivity index (χ4n) is 4.25. The summed E-state index contributed by atoms with van der Waals surface area (Å²) in [7, 11) is 1.88. The summed E-state index contributed by atoms with van der Waals surface area (Å²) < 4.78 is 19.2. The highest BCUT2D eigenvalue weighted by molar-refractivity contribution is 5.78. The molecule has 172 valence electrons. The molecule has 0 unspecified atom stereocenters. The van der Waals surface area contributed by atoms with E-state index >= 15 is 0 Å². The molecule has 2 aliphatic rings. The molecule has 9 heteroatoms. The van der Waals surface area contributed by atoms with Crippen molar-refractivity contribution in [3.63, 3.8) is 0 Å². The van der Waals surface area contributed by atoms with Crippen molar-refractivity contribution in [2.75, 3.05) is 26.4 Å². The first-order valence-electron chi connectivity index (χ1n) is 11.0. The molecule has 5 rings (SSSR count). The van der Waals surface area contributed by atoms with Gasteiger partial charge in [-0.15, -0.1) is 0 Å². The standard InChI is InChI=1S/C24H27N5O4/c1-27-10-19(9-26-27)11-29-14-21(31-16-18-5-7-25-8-6-18)13-28(15-23(29)30)12-20-3-2-4-22-24(20)33-17-32-22/h2-10,21H,11-17H2,1H3/t21-/m1/s1. The van der Waals surface area contributed by atoms with Gasteiger partial charge in [0.1, 0.15) is 0 Å². The van der Waals surface area contributed by atoms with E-state index in [1.54, 1.807) is 23.3 Å². The highest BCUT2D eigenvalue weighted by Gasteiger charge is 2.30. The summed E-state index contributed by atoms with van der Waals surface area (Å²) in [5.74, 6) is 1.58. The van der Waals surface area contributed by atoms with Gasteiger partial charge in [0.25, 0.3) is 0 Å². The fourth-order valence-corrected chi connectivity index (χ4v) is 4.25. The molecule has 1 amide bonds. The molecule has 1 fully saturated rings. The predicted molar refractivity (Wildman–Crippen MR) is 119 cm³/mol. The lowest BCUT2D eigenvalue weighted by Crippen LogP contribution is -2.37. The molecule has 9 nitrogen and oxygen atoms in total. The molecule has 0 spiro atoms. The van der Waals surface area contributed by atoms with E-state index in [-0.39, 0.29) is 18.8 Å². The topological polar surface area (TPSA) is 82.0 Å². The minimum atomic E-state index is -0.143. The minimum Gasteiger partial charge on any atom is -0.454 e. The van der Waals surface area contributed by atoms with Gasteiger partial charge in [-0.3, -0.25) is 19.4 Å². The number of nitrogens with zero attached hydrogens (tertiary/aromatic N) is 5. The highest BCUT2D eigenvalue weighted by atomic mass is 16.7. The summed E-state index contributed by atoms with van der Waals surface area (Å²) in [6, 6.07) is 9.75. The maximum absolute atomic E-state index is 13.2. The fraction of sp³-hybridized carbons (Fsp3) is 0.375. The molecule has 4 heterocycles. The number of hydrogen-bond donors (Lipinski definition) is 0. The predicted octanol–water partition coefficient (Wildman–Crippen LogP) is 1.97. The summed E-state index contributed by atoms with van der Waals surface area (Å²) >= 11 is 0. The van der Waals surface area contributed by atoms with Gasteiger partial charge in [-0.1, -0.05) is 12.1 Å². The van der Waals surface area contributed by atoms with Crippen LogP contribution in [0.2, 0.25) is 0 Å². The summed E-state index contributed by atoms with van der Waals surface area (Å²) in [4.78, 5) is 21.3. The van der Waals surface area contributed by atoms with Crippen LogP contribution in [0.15, 0.2) is 55.1 Å². The lowest BCUT2D eigenvalue weighted by molar-refractivity contribution is -0.132. The van der Waals surface area contributed by atoms with Crippen LogP contribution in [0.1, 0.15) is 16.7 Å². The quantitative estimate of drug-likeness (QED) is 0.546. The molecule has 0 radical (unpaired) electrons. The van der Waals surface area contributed by atoms with Crippen LogP contribution in [-0.4, -0.2) is 63.0 Å². The molecule has 0 saturated carbocycles. The summed E-state index contributed by atoms with van der Waals surface area (Å²) in [6.07, 6.45) is 7.11. The minimum absolute atomic E-state index is 0.0682. The molecular formula is C24H27N5O4. The Kier molecular flexibility index (Phi) is 6.23. The Balaban J connectivity index is 1.33. The maximum atomic E-state index is 13.2. The van der Waals surface area contributed by atoms with Crippen LogP contribution in [0.4, 0.5) is 0 Å². The van der Waals surface area contributed by atoms with Crippen molar-refractivity contribution in [1.82, 2.24) is 24.6 Å². The third-order valence-electron chi connectivity index (χ3n) is 5.84. The second-order valence-electron chi connectivity index (χ2n) is 8.41. The number of amides is 1. The van der Waals surface area contributed by atoms with E-state index in [1.807, 2.05) is 48.5 Å². The first kappa shape index (κ1) is 21.4. The number of aromatic nitrogens is 3. The van der Waals surface area contributed by atoms with Gasteiger partial charge < -0.3 is 19.1 Å². The first-order chi connectivity index (χ1) is 16.1. The Labute approximate surface area is 192 Å². The van der Waals surface area contributed by atoms with Gasteiger partial charge >= 0.3 is 0 Å². The van der Waals surface area contributed by atoms with Crippen LogP contribution in [0.3, 0.4) is 0 Å². The zero-order valence-electron chi connectivity index (χ0n) is 18.6. The van der Waals surface area contributed by atoms with Crippen molar-refractivity contribution in [1.29, 1.82) is 0 Å². The average Bonchev–Trinajstić information content (AvgIpc) is 3.43. The van der Waals surface area contributed by atoms with E-state index < -0.39 is 0 Å². The van der Waals surface area contributed by atoms with Gasteiger partial charge in [-0.05, 0) is 23.8 Å². The molecule has 1 saturated heterocycles. The maximum Gasteiger partial charge on any atom is 0.237 e. The molecule has 0 N–H and O–H groups in total. The SMILES string of the molecule is Cn1cc(CN2C[C@H](OCc3ccncc3)CN(Cc3cccc4c3OCO4)CC2=O)cn1. The van der Waals surface area contributed by atoms with Crippen LogP contribution in [-0.2, 0) is 36.3 Å². The lowest BCUT2D eigenvalue weighted by Gasteiger charge is -2.25. The van der Waals surface area contributed by atoms with Gasteiger partial charge in [0.2, 0.25) is 12.7 Å². The largest absolute Gasteiger partial charge is 0.454 e. The van der Waals surface area contributed by atoms with Crippen molar-refractivity contribution in [2.24, 2.45) is 7.05 Å². The van der Waals surface area contributed by atoms with Gasteiger partial charge in [-0.25, -0.2) is 0 Å². The second kappa shape index (κ2) is 9.60. The normalized spacial score (nSPS) is 18.5. The van der Waals surface area contributed by atoms with E-state index in [9.17, 15) is 4.79 Å². The Hall–Kier alpha value is -3.43. The summed E-state index contributed by atoms with van der Waals surface area (Å²) in [5, 5.41) is 4.24. The van der Waals surface area contributed by atoms with E-state index in [2.05, 4.69) is 15.0 Å². The number of rotatable bonds is 7. The second-order valence-corrected chi connectivity index (χ2v) is 8.41. The Bertz CT molecular complexity index is 1100. The van der Waals surface area contributed by atoms with Crippen molar-refractivity contribution >= 4 is 5.91 Å². The van der Waals surface area contributed by atoms with Crippen molar-refractivity contribution < 1.29 is 19.0 Å². The van der Waals surface area contributed by atoms with Crippen LogP contribution in [0.5, 0.6) is 11.5 Å². The third-order valence-corrected chi connectivity index (χ3v) is 5.84. The van der Waals surface area contributed by atoms with Crippen LogP contribution >= 0.6 is 0 Å². The van der Waals surface area contributed by atoms with Crippen molar-refractivity contribution in [3.05, 3.63) is 71.8 Å². The highest BCUT2D eigenvalue weighted by Crippen LogP contribution is 2.36. The molecule has 2 aliphatic heterocycles. The van der Waals surface area contributed by atoms with Crippen LogP contribution in [0.25, 0.3) is 0 Å². The number of carbonyl (C=O) groups is 1. The first-order valence-corrected chi connectivity index (χ1v) is 11.0. The zero-order chi connectivity index (χ0) is 22.6. The summed E-state index contributed by atoms with van der Waals surface area (Å²) in [6.45, 7) is 3.23. The lowest BCUT2D eigenvalue weighted by atomic mass is 10.1. The molecule has 33 heavy (non-hydrogen) atoms. The van der Waals surface area contributed by atoms with E-state index in [0.29, 0.717) is 39.3 Å². The zero-order valence-corrected chi connectivity index (χ0v) is 18.6. The molecule has 0 bridgehead atoms. The number of para-hydroxylation sites is 1. The number of ether oxygens (including phenoxy) is 3. The third kappa shape index (κ3) is 5.15. The van der Waals surface area contributed by atoms with E-state index in [0.717, 1.165) is 28.2 Å². The van der Waals surface area contributed by atoms with Crippen LogP contribution in [0, 0.1) is 0 Å². The summed E-state index contributed by atoms with van der Waals surface area (Å²) in [5.41, 5.74) is 3.06. The number of aryl methyl sites for hydroxylation is 1. The number of hydrogen-bond acceptors (Lipinski definition) is 7. The number of carbonyl (C=O) groups excluding carboxylic acids is 1. The Morgan fingerprint density at radius 1 is 1.09 bits per heavy atom. The van der Waals surface area contributed by atoms with Crippen molar-refractivity contribution in [2.45, 2.75) is 25.8 Å². The molecular weight excluding hydrogens is 422 g/mol. The molecule has 2 aromatic heterocycles. The van der Waals surface area contributed by atoms with Gasteiger partial charge in [0.05, 0.1) is 25.5 Å². The van der Waals surface area contributed by atoms with Gasteiger partial charge in [0, 0.05) is 62.9 Å². The number of fused-ring (bicyclic) bond motifs is 1. The molecule has 0 aliphatic carbocycles. The van der Waals surface area contributed by atoms with E-state index in [1.165, 1.54) is 0 Å². The smallest absolute Gasteiger partial charge is 0.237 e. The average molecular weight is 450 g/mol. The van der Waals surface area contributed by atoms with Gasteiger partial charge in [-0.2, -0.15) is 5.10 Å². The van der Waals surface area contributed by atoms with Crippen LogP contribution < -0.4 is 9.47 Å². The molecule has 3 aromatic rings.